The molecule has 0 unspecified atom stereocenters. The van der Waals surface area contributed by atoms with E-state index in [-0.39, 0.29) is 6.61 Å². The molecule has 1 aliphatic rings. The standard InChI is InChI=1S/C12H22N4OS/c1-10-13-14-12(18-10)15(2)9-11-3-5-16(6-4-11)7-8-17/h11,17H,3-9H2,1-2H3. The molecule has 0 aliphatic carbocycles. The molecule has 6 heteroatoms. The summed E-state index contributed by atoms with van der Waals surface area (Å²) in [6, 6.07) is 0. The summed E-state index contributed by atoms with van der Waals surface area (Å²) in [6.45, 7) is 6.35. The van der Waals surface area contributed by atoms with Gasteiger partial charge in [-0.15, -0.1) is 10.2 Å². The van der Waals surface area contributed by atoms with E-state index in [1.165, 1.54) is 12.8 Å². The molecule has 1 saturated heterocycles. The number of aryl methyl sites for hydroxylation is 1. The Morgan fingerprint density at radius 1 is 1.39 bits per heavy atom. The van der Waals surface area contributed by atoms with Crippen LogP contribution < -0.4 is 4.90 Å². The summed E-state index contributed by atoms with van der Waals surface area (Å²) in [6.07, 6.45) is 2.42. The number of aromatic nitrogens is 2. The molecule has 102 valence electrons. The average Bonchev–Trinajstić information content (AvgIpc) is 2.79. The number of aliphatic hydroxyl groups is 1. The number of hydrogen-bond acceptors (Lipinski definition) is 6. The van der Waals surface area contributed by atoms with E-state index in [1.54, 1.807) is 11.3 Å². The zero-order chi connectivity index (χ0) is 13.0. The summed E-state index contributed by atoms with van der Waals surface area (Å²) in [5.41, 5.74) is 0. The second kappa shape index (κ2) is 6.45. The molecule has 1 aromatic heterocycles. The third-order valence-corrected chi connectivity index (χ3v) is 4.45. The number of piperidine rings is 1. The van der Waals surface area contributed by atoms with Gasteiger partial charge < -0.3 is 14.9 Å². The van der Waals surface area contributed by atoms with Crippen molar-refractivity contribution >= 4 is 16.5 Å². The van der Waals surface area contributed by atoms with Crippen molar-refractivity contribution in [3.63, 3.8) is 0 Å². The molecule has 0 radical (unpaired) electrons. The molecule has 1 fully saturated rings. The summed E-state index contributed by atoms with van der Waals surface area (Å²) >= 11 is 1.65. The number of anilines is 1. The topological polar surface area (TPSA) is 52.5 Å². The first kappa shape index (κ1) is 13.7. The normalized spacial score (nSPS) is 18.2. The number of aliphatic hydroxyl groups excluding tert-OH is 1. The molecule has 1 N–H and O–H groups in total. The van der Waals surface area contributed by atoms with Crippen LogP contribution in [0.3, 0.4) is 0 Å². The van der Waals surface area contributed by atoms with Gasteiger partial charge in [-0.1, -0.05) is 11.3 Å². The molecule has 0 aromatic carbocycles. The Bertz CT molecular complexity index is 363. The number of hydrogen-bond donors (Lipinski definition) is 1. The first-order valence-electron chi connectivity index (χ1n) is 6.53. The van der Waals surface area contributed by atoms with Gasteiger partial charge in [0.25, 0.3) is 0 Å². The molecule has 5 nitrogen and oxygen atoms in total. The first-order chi connectivity index (χ1) is 8.69. The van der Waals surface area contributed by atoms with Crippen LogP contribution in [0.1, 0.15) is 17.8 Å². The zero-order valence-corrected chi connectivity index (χ0v) is 12.0. The maximum atomic E-state index is 8.92. The predicted molar refractivity (Wildman–Crippen MR) is 74.2 cm³/mol. The molecule has 1 aliphatic heterocycles. The summed E-state index contributed by atoms with van der Waals surface area (Å²) in [7, 11) is 2.10. The minimum Gasteiger partial charge on any atom is -0.395 e. The molecular formula is C12H22N4OS. The lowest BCUT2D eigenvalue weighted by Crippen LogP contribution is -2.39. The van der Waals surface area contributed by atoms with Crippen molar-refractivity contribution in [3.05, 3.63) is 5.01 Å². The molecule has 2 rings (SSSR count). The number of rotatable bonds is 5. The van der Waals surface area contributed by atoms with E-state index < -0.39 is 0 Å². The SMILES string of the molecule is Cc1nnc(N(C)CC2CCN(CCO)CC2)s1. The van der Waals surface area contributed by atoms with Gasteiger partial charge in [0.05, 0.1) is 6.61 Å². The highest BCUT2D eigenvalue weighted by Gasteiger charge is 2.20. The third-order valence-electron chi connectivity index (χ3n) is 3.50. The van der Waals surface area contributed by atoms with E-state index in [4.69, 9.17) is 5.11 Å². The molecular weight excluding hydrogens is 248 g/mol. The van der Waals surface area contributed by atoms with Gasteiger partial charge >= 0.3 is 0 Å². The van der Waals surface area contributed by atoms with Gasteiger partial charge in [-0.25, -0.2) is 0 Å². The summed E-state index contributed by atoms with van der Waals surface area (Å²) in [4.78, 5) is 4.56. The minimum absolute atomic E-state index is 0.272. The fourth-order valence-electron chi connectivity index (χ4n) is 2.44. The van der Waals surface area contributed by atoms with Crippen LogP contribution in [-0.2, 0) is 0 Å². The quantitative estimate of drug-likeness (QED) is 0.864. The maximum Gasteiger partial charge on any atom is 0.208 e. The van der Waals surface area contributed by atoms with Gasteiger partial charge in [0.15, 0.2) is 0 Å². The molecule has 0 atom stereocenters. The van der Waals surface area contributed by atoms with Crippen LogP contribution in [-0.4, -0.2) is 60.0 Å². The van der Waals surface area contributed by atoms with Crippen LogP contribution in [0.15, 0.2) is 0 Å². The highest BCUT2D eigenvalue weighted by atomic mass is 32.1. The highest BCUT2D eigenvalue weighted by Crippen LogP contribution is 2.23. The van der Waals surface area contributed by atoms with Crippen molar-refractivity contribution in [2.24, 2.45) is 5.92 Å². The molecule has 18 heavy (non-hydrogen) atoms. The summed E-state index contributed by atoms with van der Waals surface area (Å²) < 4.78 is 0. The predicted octanol–water partition coefficient (Wildman–Crippen LogP) is 0.987. The second-order valence-electron chi connectivity index (χ2n) is 4.99. The average molecular weight is 270 g/mol. The first-order valence-corrected chi connectivity index (χ1v) is 7.35. The number of likely N-dealkylation sites (tertiary alicyclic amines) is 1. The Kier molecular flexibility index (Phi) is 4.91. The van der Waals surface area contributed by atoms with Crippen LogP contribution in [0.25, 0.3) is 0 Å². The van der Waals surface area contributed by atoms with E-state index in [9.17, 15) is 0 Å². The largest absolute Gasteiger partial charge is 0.395 e. The second-order valence-corrected chi connectivity index (χ2v) is 6.15. The van der Waals surface area contributed by atoms with Crippen LogP contribution in [0.2, 0.25) is 0 Å². The molecule has 0 saturated carbocycles. The van der Waals surface area contributed by atoms with Gasteiger partial charge in [0.1, 0.15) is 5.01 Å². The van der Waals surface area contributed by atoms with Crippen molar-refractivity contribution < 1.29 is 5.11 Å². The minimum atomic E-state index is 0.272. The van der Waals surface area contributed by atoms with Crippen molar-refractivity contribution in [2.45, 2.75) is 19.8 Å². The Morgan fingerprint density at radius 3 is 2.67 bits per heavy atom. The molecule has 0 spiro atoms. The highest BCUT2D eigenvalue weighted by molar-refractivity contribution is 7.15. The lowest BCUT2D eigenvalue weighted by atomic mass is 9.96. The molecule has 0 bridgehead atoms. The Hall–Kier alpha value is -0.720. The summed E-state index contributed by atoms with van der Waals surface area (Å²) in [5, 5.41) is 19.2. The van der Waals surface area contributed by atoms with Gasteiger partial charge in [-0.2, -0.15) is 0 Å². The molecule has 2 heterocycles. The van der Waals surface area contributed by atoms with Crippen molar-refractivity contribution in [3.8, 4) is 0 Å². The van der Waals surface area contributed by atoms with E-state index in [0.717, 1.165) is 42.2 Å². The smallest absolute Gasteiger partial charge is 0.208 e. The van der Waals surface area contributed by atoms with Gasteiger partial charge in [-0.3, -0.25) is 0 Å². The number of β-amino-alcohol motifs (C(OH)–C–C–N with tert-alkyl or cyclic N) is 1. The fourth-order valence-corrected chi connectivity index (χ4v) is 3.10. The van der Waals surface area contributed by atoms with Gasteiger partial charge in [-0.05, 0) is 38.8 Å². The van der Waals surface area contributed by atoms with Gasteiger partial charge in [0, 0.05) is 20.1 Å². The zero-order valence-electron chi connectivity index (χ0n) is 11.2. The molecule has 1 aromatic rings. The van der Waals surface area contributed by atoms with Crippen LogP contribution in [0.4, 0.5) is 5.13 Å². The van der Waals surface area contributed by atoms with Crippen molar-refractivity contribution in [1.29, 1.82) is 0 Å². The Balaban J connectivity index is 1.77. The number of nitrogens with zero attached hydrogens (tertiary/aromatic N) is 4. The van der Waals surface area contributed by atoms with E-state index in [1.807, 2.05) is 6.92 Å². The lowest BCUT2D eigenvalue weighted by Gasteiger charge is -2.33. The van der Waals surface area contributed by atoms with E-state index in [0.29, 0.717) is 0 Å². The lowest BCUT2D eigenvalue weighted by molar-refractivity contribution is 0.149. The third kappa shape index (κ3) is 3.63. The maximum absolute atomic E-state index is 8.92. The fraction of sp³-hybridized carbons (Fsp3) is 0.833. The monoisotopic (exact) mass is 270 g/mol. The van der Waals surface area contributed by atoms with E-state index >= 15 is 0 Å². The van der Waals surface area contributed by atoms with Crippen LogP contribution >= 0.6 is 11.3 Å². The van der Waals surface area contributed by atoms with Crippen molar-refractivity contribution in [2.75, 3.05) is 44.7 Å². The van der Waals surface area contributed by atoms with E-state index in [2.05, 4.69) is 27.0 Å². The Morgan fingerprint density at radius 2 is 2.11 bits per heavy atom. The van der Waals surface area contributed by atoms with Crippen molar-refractivity contribution in [1.82, 2.24) is 15.1 Å². The summed E-state index contributed by atoms with van der Waals surface area (Å²) in [5.74, 6) is 0.731. The van der Waals surface area contributed by atoms with Crippen LogP contribution in [0, 0.1) is 12.8 Å². The van der Waals surface area contributed by atoms with Gasteiger partial charge in [0.2, 0.25) is 5.13 Å². The molecule has 0 amide bonds. The van der Waals surface area contributed by atoms with Crippen LogP contribution in [0.5, 0.6) is 0 Å². The Labute approximate surface area is 112 Å².